The summed E-state index contributed by atoms with van der Waals surface area (Å²) in [4.78, 5) is 5.02. The molecule has 0 aliphatic heterocycles. The molecule has 0 spiro atoms. The van der Waals surface area contributed by atoms with E-state index in [0.717, 1.165) is 77.0 Å². The molecule has 0 fully saturated rings. The van der Waals surface area contributed by atoms with Gasteiger partial charge in [-0.2, -0.15) is 47.4 Å². The van der Waals surface area contributed by atoms with Gasteiger partial charge in [-0.05, 0) is 184 Å². The van der Waals surface area contributed by atoms with E-state index in [1.165, 1.54) is 0 Å². The molecule has 0 amide bonds. The van der Waals surface area contributed by atoms with Crippen molar-refractivity contribution in [3.63, 3.8) is 0 Å². The summed E-state index contributed by atoms with van der Waals surface area (Å²) >= 11 is 0. The number of nitriles is 9. The van der Waals surface area contributed by atoms with Gasteiger partial charge in [-0.25, -0.2) is 0 Å². The van der Waals surface area contributed by atoms with Crippen LogP contribution in [-0.2, 0) is 0 Å². The zero-order chi connectivity index (χ0) is 55.2. The number of aromatic nitrogens is 3. The predicted molar refractivity (Wildman–Crippen MR) is 303 cm³/mol. The molecule has 80 heavy (non-hydrogen) atoms. The van der Waals surface area contributed by atoms with Gasteiger partial charge in [0, 0.05) is 27.1 Å². The second-order valence-electron chi connectivity index (χ2n) is 18.9. The molecule has 9 aromatic carbocycles. The maximum absolute atomic E-state index is 10.0. The van der Waals surface area contributed by atoms with Gasteiger partial charge in [0.2, 0.25) is 0 Å². The Hall–Kier alpha value is -12.9. The highest BCUT2D eigenvalue weighted by Gasteiger charge is 2.24. The molecule has 3 heterocycles. The van der Waals surface area contributed by atoms with E-state index in [1.807, 2.05) is 84.9 Å². The standard InChI is InChI=1S/C68H30N12/c69-29-40-1-3-49(4-2-40)68-66(79-62-9-5-50(54-17-41(30-70)13-42(18-54)31-71)25-58(62)59-26-51(6-10-63(59)79)55-19-43(32-72)14-44(20-55)33-73)38-78-39-67(68)80-64-11-7-52(56-21-45(34-74)15-46(22-56)35-75)27-60(64)61-28-53(8-12-65(61)80)57-23-47(36-76)16-48(24-57)37-77/h1-28,38-39H. The van der Waals surface area contributed by atoms with E-state index in [0.29, 0.717) is 83.7 Å². The lowest BCUT2D eigenvalue weighted by Gasteiger charge is -2.20. The van der Waals surface area contributed by atoms with E-state index >= 15 is 0 Å². The summed E-state index contributed by atoms with van der Waals surface area (Å²) in [5.74, 6) is 0. The summed E-state index contributed by atoms with van der Waals surface area (Å²) in [6.45, 7) is 0. The van der Waals surface area contributed by atoms with Crippen LogP contribution < -0.4 is 0 Å². The Balaban J connectivity index is 1.17. The molecular weight excluding hydrogens is 985 g/mol. The number of benzene rings is 9. The summed E-state index contributed by atoms with van der Waals surface area (Å²) in [6.07, 6.45) is 3.61. The molecular formula is C68H30N12. The Bertz CT molecular complexity index is 4440. The smallest absolute Gasteiger partial charge is 0.0992 e. The molecule has 0 saturated carbocycles. The molecule has 0 N–H and O–H groups in total. The molecule has 0 unspecified atom stereocenters. The second-order valence-corrected chi connectivity index (χ2v) is 18.9. The number of rotatable bonds is 7. The van der Waals surface area contributed by atoms with E-state index < -0.39 is 0 Å². The Morgan fingerprint density at radius 1 is 0.237 bits per heavy atom. The average molecular weight is 1020 g/mol. The van der Waals surface area contributed by atoms with E-state index in [1.54, 1.807) is 97.3 Å². The van der Waals surface area contributed by atoms with Crippen LogP contribution in [0.5, 0.6) is 0 Å². The van der Waals surface area contributed by atoms with Crippen LogP contribution in [0.25, 0.3) is 111 Å². The van der Waals surface area contributed by atoms with Gasteiger partial charge in [-0.1, -0.05) is 36.4 Å². The number of hydrogen-bond donors (Lipinski definition) is 0. The lowest BCUT2D eigenvalue weighted by molar-refractivity contribution is 1.09. The summed E-state index contributed by atoms with van der Waals surface area (Å²) < 4.78 is 4.27. The van der Waals surface area contributed by atoms with Crippen LogP contribution in [0.1, 0.15) is 50.1 Å². The fourth-order valence-electron chi connectivity index (χ4n) is 10.8. The molecule has 12 heteroatoms. The Morgan fingerprint density at radius 3 is 0.713 bits per heavy atom. The van der Waals surface area contributed by atoms with Crippen molar-refractivity contribution in [1.29, 1.82) is 47.4 Å². The monoisotopic (exact) mass is 1010 g/mol. The molecule has 0 radical (unpaired) electrons. The third-order valence-electron chi connectivity index (χ3n) is 14.3. The molecule has 12 rings (SSSR count). The van der Waals surface area contributed by atoms with Crippen molar-refractivity contribution in [3.05, 3.63) is 232 Å². The largest absolute Gasteiger partial charge is 0.307 e. The van der Waals surface area contributed by atoms with Gasteiger partial charge in [0.15, 0.2) is 0 Å². The zero-order valence-electron chi connectivity index (χ0n) is 41.7. The van der Waals surface area contributed by atoms with E-state index in [9.17, 15) is 47.4 Å². The van der Waals surface area contributed by atoms with E-state index in [-0.39, 0.29) is 0 Å². The van der Waals surface area contributed by atoms with Crippen molar-refractivity contribution in [3.8, 4) is 122 Å². The molecule has 0 aliphatic rings. The summed E-state index contributed by atoms with van der Waals surface area (Å²) in [7, 11) is 0. The Morgan fingerprint density at radius 2 is 0.475 bits per heavy atom. The predicted octanol–water partition coefficient (Wildman–Crippen LogP) is 14.5. The van der Waals surface area contributed by atoms with Crippen LogP contribution in [0.15, 0.2) is 182 Å². The topological polar surface area (TPSA) is 237 Å². The molecule has 12 aromatic rings. The highest BCUT2D eigenvalue weighted by Crippen LogP contribution is 2.45. The molecule has 0 bridgehead atoms. The number of nitrogens with zero attached hydrogens (tertiary/aromatic N) is 12. The SMILES string of the molecule is N#Cc1ccc(-c2c(-n3c4ccc(-c5cc(C#N)cc(C#N)c5)cc4c4cc(-c5cc(C#N)cc(C#N)c5)ccc43)cncc2-n2c3ccc(-c4cc(C#N)cc(C#N)c4)cc3c3cc(-c4cc(C#N)cc(C#N)c4)ccc32)cc1. The summed E-state index contributed by atoms with van der Waals surface area (Å²) in [6, 6.07) is 71.1. The van der Waals surface area contributed by atoms with Crippen molar-refractivity contribution in [2.75, 3.05) is 0 Å². The van der Waals surface area contributed by atoms with Gasteiger partial charge >= 0.3 is 0 Å². The van der Waals surface area contributed by atoms with Crippen LogP contribution in [0.3, 0.4) is 0 Å². The minimum Gasteiger partial charge on any atom is -0.307 e. The van der Waals surface area contributed by atoms with Crippen molar-refractivity contribution in [2.24, 2.45) is 0 Å². The Kier molecular flexibility index (Phi) is 11.7. The van der Waals surface area contributed by atoms with Crippen LogP contribution in [-0.4, -0.2) is 14.1 Å². The van der Waals surface area contributed by atoms with Crippen molar-refractivity contribution < 1.29 is 0 Å². The minimum atomic E-state index is 0.338. The van der Waals surface area contributed by atoms with Gasteiger partial charge < -0.3 is 9.13 Å². The molecule has 0 aliphatic carbocycles. The first-order chi connectivity index (χ1) is 39.2. The van der Waals surface area contributed by atoms with E-state index in [4.69, 9.17) is 4.98 Å². The lowest BCUT2D eigenvalue weighted by Crippen LogP contribution is -2.05. The normalized spacial score (nSPS) is 10.6. The molecule has 3 aromatic heterocycles. The maximum Gasteiger partial charge on any atom is 0.0992 e. The first-order valence-electron chi connectivity index (χ1n) is 24.6. The lowest BCUT2D eigenvalue weighted by atomic mass is 9.97. The Labute approximate surface area is 456 Å². The van der Waals surface area contributed by atoms with Crippen LogP contribution in [0, 0.1) is 102 Å². The van der Waals surface area contributed by atoms with Gasteiger partial charge in [0.1, 0.15) is 0 Å². The third kappa shape index (κ3) is 8.17. The average Bonchev–Trinajstić information content (AvgIpc) is 4.16. The maximum atomic E-state index is 10.0. The van der Waals surface area contributed by atoms with Crippen molar-refractivity contribution in [2.45, 2.75) is 0 Å². The molecule has 12 nitrogen and oxygen atoms in total. The van der Waals surface area contributed by atoms with Crippen LogP contribution in [0.2, 0.25) is 0 Å². The fourth-order valence-corrected chi connectivity index (χ4v) is 10.8. The van der Waals surface area contributed by atoms with Crippen molar-refractivity contribution >= 4 is 43.6 Å². The highest BCUT2D eigenvalue weighted by molar-refractivity contribution is 6.14. The molecule has 0 atom stereocenters. The molecule has 0 saturated heterocycles. The zero-order valence-corrected chi connectivity index (χ0v) is 41.7. The van der Waals surface area contributed by atoms with Gasteiger partial charge in [0.05, 0.1) is 151 Å². The highest BCUT2D eigenvalue weighted by atomic mass is 15.0. The summed E-state index contributed by atoms with van der Waals surface area (Å²) in [5, 5.41) is 93.0. The van der Waals surface area contributed by atoms with Crippen LogP contribution >= 0.6 is 0 Å². The first kappa shape index (κ1) is 48.1. The van der Waals surface area contributed by atoms with Crippen molar-refractivity contribution in [1.82, 2.24) is 14.1 Å². The van der Waals surface area contributed by atoms with Crippen LogP contribution in [0.4, 0.5) is 0 Å². The second kappa shape index (κ2) is 19.4. The fraction of sp³-hybridized carbons (Fsp3) is 0. The van der Waals surface area contributed by atoms with E-state index in [2.05, 4.69) is 63.8 Å². The summed E-state index contributed by atoms with van der Waals surface area (Å²) in [5.41, 5.74) is 14.8. The number of hydrogen-bond acceptors (Lipinski definition) is 10. The minimum absolute atomic E-state index is 0.338. The van der Waals surface area contributed by atoms with Gasteiger partial charge in [-0.15, -0.1) is 0 Å². The third-order valence-corrected chi connectivity index (χ3v) is 14.3. The quantitative estimate of drug-likeness (QED) is 0.146. The van der Waals surface area contributed by atoms with Gasteiger partial charge in [0.25, 0.3) is 0 Å². The molecule has 362 valence electrons. The first-order valence-corrected chi connectivity index (χ1v) is 24.6. The van der Waals surface area contributed by atoms with Gasteiger partial charge in [-0.3, -0.25) is 4.98 Å². The number of pyridine rings is 1. The number of fused-ring (bicyclic) bond motifs is 6.